The average Bonchev–Trinajstić information content (AvgIpc) is 3.13. The molecule has 1 atom stereocenters. The number of nitrogens with zero attached hydrogens (tertiary/aromatic N) is 6. The van der Waals surface area contributed by atoms with Crippen molar-refractivity contribution in [3.05, 3.63) is 56.7 Å². The maximum Gasteiger partial charge on any atom is 0.271 e. The van der Waals surface area contributed by atoms with Crippen LogP contribution >= 0.6 is 23.5 Å². The molecule has 280 valence electrons. The van der Waals surface area contributed by atoms with E-state index in [0.717, 1.165) is 76.8 Å². The first-order valence-electron chi connectivity index (χ1n) is 19.1. The van der Waals surface area contributed by atoms with Crippen LogP contribution in [0, 0.1) is 17.2 Å². The van der Waals surface area contributed by atoms with Crippen molar-refractivity contribution < 1.29 is 14.0 Å². The minimum atomic E-state index is -0.431. The number of hydrogen-bond acceptors (Lipinski definition) is 10. The van der Waals surface area contributed by atoms with Gasteiger partial charge in [-0.25, -0.2) is 9.37 Å². The Balaban J connectivity index is 0.847. The second-order valence-electron chi connectivity index (χ2n) is 15.8. The molecule has 1 aliphatic carbocycles. The molecule has 0 radical (unpaired) electrons. The van der Waals surface area contributed by atoms with E-state index < -0.39 is 5.82 Å². The molecule has 0 bridgehead atoms. The summed E-state index contributed by atoms with van der Waals surface area (Å²) < 4.78 is 19.1. The van der Waals surface area contributed by atoms with Crippen molar-refractivity contribution in [1.29, 1.82) is 0 Å². The van der Waals surface area contributed by atoms with Gasteiger partial charge >= 0.3 is 0 Å². The number of anilines is 2. The number of benzene rings is 1. The van der Waals surface area contributed by atoms with E-state index in [-0.39, 0.29) is 39.7 Å². The number of rotatable bonds is 11. The third-order valence-electron chi connectivity index (χ3n) is 12.2. The van der Waals surface area contributed by atoms with Crippen LogP contribution in [0.5, 0.6) is 0 Å². The number of halogens is 2. The van der Waals surface area contributed by atoms with Crippen LogP contribution < -0.4 is 15.8 Å². The Kier molecular flexibility index (Phi) is 11.3. The zero-order valence-corrected chi connectivity index (χ0v) is 32.1. The molecule has 1 saturated carbocycles. The number of hydrogen-bond donors (Lipinski definition) is 1. The Hall–Kier alpha value is -3.06. The van der Waals surface area contributed by atoms with Gasteiger partial charge in [0.05, 0.1) is 5.69 Å². The van der Waals surface area contributed by atoms with Crippen LogP contribution in [0.3, 0.4) is 0 Å². The molecule has 3 saturated heterocycles. The van der Waals surface area contributed by atoms with Gasteiger partial charge in [-0.3, -0.25) is 23.3 Å². The highest BCUT2D eigenvalue weighted by Gasteiger charge is 2.48. The predicted octanol–water partition coefficient (Wildman–Crippen LogP) is 7.25. The monoisotopic (exact) mass is 751 g/mol. The van der Waals surface area contributed by atoms with Gasteiger partial charge in [0.1, 0.15) is 16.5 Å². The zero-order valence-electron chi connectivity index (χ0n) is 30.5. The Morgan fingerprint density at radius 3 is 2.31 bits per heavy atom. The standard InChI is InChI=1S/C39H51ClFN7O3S/c1-4-34(25(2)3)48-36-26(17-32(40)37(48)51)22-42-38(44-36)43-29-5-13-47(14-6-29)52-31-7-11-45(12-8-31)30-20-39(21-30)9-15-46(16-10-39)35-19-28(24-50)27(23-49)18-33(35)41/h17-19,22-25,29-31,34H,4-16,20-21H2,1-3H3,(H,42,43,44). The lowest BCUT2D eigenvalue weighted by Gasteiger charge is -2.56. The molecular formula is C39H51ClFN7O3S. The summed E-state index contributed by atoms with van der Waals surface area (Å²) in [5, 5.41) is 5.19. The number of aromatic nitrogens is 3. The highest BCUT2D eigenvalue weighted by molar-refractivity contribution is 7.97. The molecule has 3 aliphatic heterocycles. The Labute approximate surface area is 315 Å². The number of likely N-dealkylation sites (tertiary alicyclic amines) is 1. The Morgan fingerprint density at radius 2 is 1.67 bits per heavy atom. The van der Waals surface area contributed by atoms with Crippen molar-refractivity contribution in [2.45, 2.75) is 102 Å². The first-order chi connectivity index (χ1) is 25.1. The molecule has 1 unspecified atom stereocenters. The fourth-order valence-corrected chi connectivity index (χ4v) is 10.6. The lowest BCUT2D eigenvalue weighted by atomic mass is 9.59. The molecule has 3 aromatic rings. The normalized spacial score (nSPS) is 21.5. The summed E-state index contributed by atoms with van der Waals surface area (Å²) in [6.07, 6.45) is 12.7. The number of carbonyl (C=O) groups excluding carboxylic acids is 2. The van der Waals surface area contributed by atoms with Gasteiger partial charge in [0.25, 0.3) is 5.56 Å². The molecule has 4 aliphatic rings. The minimum Gasteiger partial charge on any atom is -0.369 e. The van der Waals surface area contributed by atoms with Gasteiger partial charge in [-0.1, -0.05) is 44.3 Å². The average molecular weight is 752 g/mol. The summed E-state index contributed by atoms with van der Waals surface area (Å²) in [4.78, 5) is 50.0. The summed E-state index contributed by atoms with van der Waals surface area (Å²) in [6.45, 7) is 12.2. The highest BCUT2D eigenvalue weighted by atomic mass is 35.5. The molecule has 13 heteroatoms. The zero-order chi connectivity index (χ0) is 36.6. The summed E-state index contributed by atoms with van der Waals surface area (Å²) in [5.41, 5.74) is 1.57. The van der Waals surface area contributed by atoms with E-state index in [9.17, 15) is 18.8 Å². The number of fused-ring (bicyclic) bond motifs is 1. The molecule has 10 nitrogen and oxygen atoms in total. The van der Waals surface area contributed by atoms with Gasteiger partial charge < -0.3 is 15.1 Å². The summed E-state index contributed by atoms with van der Waals surface area (Å²) >= 11 is 8.39. The van der Waals surface area contributed by atoms with E-state index in [1.807, 2.05) is 16.8 Å². The summed E-state index contributed by atoms with van der Waals surface area (Å²) in [6, 6.07) is 5.33. The smallest absolute Gasteiger partial charge is 0.271 e. The second-order valence-corrected chi connectivity index (χ2v) is 17.6. The molecule has 1 N–H and O–H groups in total. The molecule has 1 spiro atoms. The molecule has 7 rings (SSSR count). The van der Waals surface area contributed by atoms with Crippen molar-refractivity contribution in [3.63, 3.8) is 0 Å². The first kappa shape index (κ1) is 37.3. The van der Waals surface area contributed by atoms with E-state index in [0.29, 0.717) is 46.6 Å². The Morgan fingerprint density at radius 1 is 1.00 bits per heavy atom. The molecule has 1 aromatic carbocycles. The maximum absolute atomic E-state index is 14.8. The van der Waals surface area contributed by atoms with Crippen LogP contribution in [0.2, 0.25) is 5.02 Å². The fraction of sp³-hybridized carbons (Fsp3) is 0.615. The molecule has 0 amide bonds. The van der Waals surface area contributed by atoms with Gasteiger partial charge in [-0.05, 0) is 100 Å². The quantitative estimate of drug-likeness (QED) is 0.159. The van der Waals surface area contributed by atoms with Gasteiger partial charge in [-0.2, -0.15) is 4.98 Å². The van der Waals surface area contributed by atoms with Crippen molar-refractivity contribution in [2.75, 3.05) is 49.5 Å². The van der Waals surface area contributed by atoms with Gasteiger partial charge in [0.15, 0.2) is 12.6 Å². The minimum absolute atomic E-state index is 0.00667. The SMILES string of the molecule is CCC(C(C)C)n1c(=O)c(Cl)cc2cnc(NC3CCN(SC4CCN(C5CC6(CCN(c7cc(C=O)c(C=O)cc7F)CC6)C5)CC4)CC3)nc21. The molecular weight excluding hydrogens is 701 g/mol. The number of nitrogens with one attached hydrogen (secondary N) is 1. The second kappa shape index (κ2) is 15.7. The van der Waals surface area contributed by atoms with E-state index in [4.69, 9.17) is 16.6 Å². The molecule has 4 fully saturated rings. The fourth-order valence-electron chi connectivity index (χ4n) is 9.13. The highest BCUT2D eigenvalue weighted by Crippen LogP contribution is 2.52. The summed E-state index contributed by atoms with van der Waals surface area (Å²) in [5.74, 6) is 0.399. The van der Waals surface area contributed by atoms with Crippen molar-refractivity contribution in [3.8, 4) is 0 Å². The lowest BCUT2D eigenvalue weighted by Crippen LogP contribution is -2.56. The van der Waals surface area contributed by atoms with Gasteiger partial charge in [0.2, 0.25) is 5.95 Å². The lowest BCUT2D eigenvalue weighted by molar-refractivity contribution is -0.0231. The van der Waals surface area contributed by atoms with E-state index in [1.54, 1.807) is 16.8 Å². The number of piperidine rings is 3. The van der Waals surface area contributed by atoms with Crippen LogP contribution in [-0.4, -0.2) is 92.9 Å². The van der Waals surface area contributed by atoms with Crippen LogP contribution in [0.25, 0.3) is 11.0 Å². The predicted molar refractivity (Wildman–Crippen MR) is 207 cm³/mol. The number of carbonyl (C=O) groups is 2. The van der Waals surface area contributed by atoms with Crippen LogP contribution in [0.4, 0.5) is 16.0 Å². The third kappa shape index (κ3) is 7.63. The number of aldehydes is 2. The largest absolute Gasteiger partial charge is 0.369 e. The van der Waals surface area contributed by atoms with Crippen LogP contribution in [0.1, 0.15) is 105 Å². The van der Waals surface area contributed by atoms with E-state index in [1.165, 1.54) is 37.8 Å². The van der Waals surface area contributed by atoms with E-state index in [2.05, 4.69) is 40.3 Å². The number of pyridine rings is 1. The maximum atomic E-state index is 14.8. The third-order valence-corrected chi connectivity index (χ3v) is 13.9. The molecule has 2 aromatic heterocycles. The van der Waals surface area contributed by atoms with E-state index >= 15 is 0 Å². The van der Waals surface area contributed by atoms with Crippen molar-refractivity contribution in [2.24, 2.45) is 11.3 Å². The van der Waals surface area contributed by atoms with Gasteiger partial charge in [0, 0.05) is 72.3 Å². The Bertz CT molecular complexity index is 1830. The van der Waals surface area contributed by atoms with Gasteiger partial charge in [-0.15, -0.1) is 0 Å². The summed E-state index contributed by atoms with van der Waals surface area (Å²) in [7, 11) is 0. The van der Waals surface area contributed by atoms with Crippen LogP contribution in [0.15, 0.2) is 29.2 Å². The molecule has 5 heterocycles. The molecule has 52 heavy (non-hydrogen) atoms. The van der Waals surface area contributed by atoms with Crippen molar-refractivity contribution >= 4 is 58.8 Å². The first-order valence-corrected chi connectivity index (χ1v) is 20.3. The van der Waals surface area contributed by atoms with Crippen molar-refractivity contribution in [1.82, 2.24) is 23.7 Å². The van der Waals surface area contributed by atoms with Crippen LogP contribution in [-0.2, 0) is 0 Å². The topological polar surface area (TPSA) is 104 Å².